The molecule has 0 rings (SSSR count). The predicted molar refractivity (Wildman–Crippen MR) is 137 cm³/mol. The Morgan fingerprint density at radius 2 is 0.469 bits per heavy atom. The molecule has 6 nitrogen and oxygen atoms in total. The molecular weight excluding hydrogens is 628 g/mol. The molecular formula is C24H54O6Sb2. The summed E-state index contributed by atoms with van der Waals surface area (Å²) in [6.45, 7) is 17.8. The molecule has 0 bridgehead atoms. The standard InChI is InChI=1S/6C4H9O.2Sb/c6*1-2-3-4-5;;/h6*2-4H2,1H3;;/q6*-1;2*+3. The molecule has 0 aromatic rings. The van der Waals surface area contributed by atoms with Crippen LogP contribution in [0.5, 0.6) is 0 Å². The maximum atomic E-state index is 5.71. The van der Waals surface area contributed by atoms with E-state index in [1.54, 1.807) is 0 Å². The van der Waals surface area contributed by atoms with Gasteiger partial charge in [-0.1, -0.05) is 0 Å². The van der Waals surface area contributed by atoms with E-state index in [1.807, 2.05) is 0 Å². The van der Waals surface area contributed by atoms with Gasteiger partial charge in [-0.2, -0.15) is 0 Å². The molecule has 0 aliphatic heterocycles. The summed E-state index contributed by atoms with van der Waals surface area (Å²) in [6.07, 6.45) is 13.6. The average molecular weight is 682 g/mol. The first kappa shape index (κ1) is 35.6. The Bertz CT molecular complexity index is 249. The number of hydrogen-bond acceptors (Lipinski definition) is 6. The van der Waals surface area contributed by atoms with Crippen LogP contribution in [0.1, 0.15) is 119 Å². The van der Waals surface area contributed by atoms with Crippen molar-refractivity contribution in [2.45, 2.75) is 119 Å². The van der Waals surface area contributed by atoms with Gasteiger partial charge in [0.25, 0.3) is 0 Å². The molecule has 0 fully saturated rings. The van der Waals surface area contributed by atoms with Gasteiger partial charge in [0, 0.05) is 0 Å². The third-order valence-electron chi connectivity index (χ3n) is 4.17. The molecule has 0 radical (unpaired) electrons. The number of hydrogen-bond donors (Lipinski definition) is 0. The summed E-state index contributed by atoms with van der Waals surface area (Å²) in [5.74, 6) is 0. The third kappa shape index (κ3) is 29.4. The monoisotopic (exact) mass is 680 g/mol. The van der Waals surface area contributed by atoms with E-state index in [0.29, 0.717) is 0 Å². The minimum absolute atomic E-state index is 0.803. The molecule has 0 atom stereocenters. The average Bonchev–Trinajstić information content (AvgIpc) is 2.80. The zero-order valence-electron chi connectivity index (χ0n) is 22.1. The Hall–Kier alpha value is 1.40. The summed E-state index contributed by atoms with van der Waals surface area (Å²) in [6, 6.07) is 0. The van der Waals surface area contributed by atoms with Crippen LogP contribution < -0.4 is 0 Å². The van der Waals surface area contributed by atoms with Crippen molar-refractivity contribution in [3.05, 3.63) is 0 Å². The molecule has 0 N–H and O–H groups in total. The van der Waals surface area contributed by atoms with Crippen LogP contribution in [0.4, 0.5) is 0 Å². The Labute approximate surface area is 218 Å². The summed E-state index contributed by atoms with van der Waals surface area (Å²) in [7, 11) is 0. The Kier molecular flexibility index (Phi) is 36.0. The van der Waals surface area contributed by atoms with Crippen LogP contribution in [-0.4, -0.2) is 82.6 Å². The molecule has 32 heavy (non-hydrogen) atoms. The fourth-order valence-electron chi connectivity index (χ4n) is 1.92. The van der Waals surface area contributed by atoms with E-state index in [4.69, 9.17) is 18.1 Å². The van der Waals surface area contributed by atoms with Crippen LogP contribution in [-0.2, 0) is 18.1 Å². The Morgan fingerprint density at radius 1 is 0.312 bits per heavy atom. The van der Waals surface area contributed by atoms with Crippen molar-refractivity contribution in [3.8, 4) is 0 Å². The summed E-state index contributed by atoms with van der Waals surface area (Å²) in [5, 5.41) is 0. The fourth-order valence-corrected chi connectivity index (χ4v) is 7.96. The minimum atomic E-state index is -2.27. The van der Waals surface area contributed by atoms with Gasteiger partial charge in [0.1, 0.15) is 0 Å². The second-order valence-electron chi connectivity index (χ2n) is 7.57. The first-order chi connectivity index (χ1) is 15.7. The molecule has 0 aromatic heterocycles. The zero-order chi connectivity index (χ0) is 24.1. The van der Waals surface area contributed by atoms with Crippen molar-refractivity contribution in [1.29, 1.82) is 0 Å². The molecule has 0 amide bonds. The first-order valence-electron chi connectivity index (χ1n) is 13.1. The number of unbranched alkanes of at least 4 members (excludes halogenated alkanes) is 6. The van der Waals surface area contributed by atoms with E-state index in [2.05, 4.69) is 41.5 Å². The second-order valence-corrected chi connectivity index (χ2v) is 14.5. The van der Waals surface area contributed by atoms with Crippen molar-refractivity contribution in [2.24, 2.45) is 0 Å². The van der Waals surface area contributed by atoms with E-state index in [0.717, 1.165) is 117 Å². The molecule has 0 spiro atoms. The topological polar surface area (TPSA) is 55.4 Å². The van der Waals surface area contributed by atoms with Crippen LogP contribution in [0.25, 0.3) is 0 Å². The summed E-state index contributed by atoms with van der Waals surface area (Å²) in [4.78, 5) is 0. The number of rotatable bonds is 24. The van der Waals surface area contributed by atoms with Gasteiger partial charge in [0.05, 0.1) is 0 Å². The first-order valence-corrected chi connectivity index (χ1v) is 19.3. The Balaban J connectivity index is 0. The fraction of sp³-hybridized carbons (Fsp3) is 1.00. The SMILES string of the molecule is CCCC[O][Sb]([O]CCCC)[O]CCCC.CCCC[O][Sb]([O]CCCC)[O]CCCC. The van der Waals surface area contributed by atoms with Crippen molar-refractivity contribution in [1.82, 2.24) is 0 Å². The third-order valence-corrected chi connectivity index (χ3v) is 10.9. The van der Waals surface area contributed by atoms with Gasteiger partial charge in [0.2, 0.25) is 0 Å². The quantitative estimate of drug-likeness (QED) is 0.0822. The molecule has 0 saturated heterocycles. The van der Waals surface area contributed by atoms with Crippen LogP contribution in [0, 0.1) is 0 Å². The van der Waals surface area contributed by atoms with Gasteiger partial charge in [0.15, 0.2) is 0 Å². The molecule has 196 valence electrons. The second kappa shape index (κ2) is 32.4. The van der Waals surface area contributed by atoms with Gasteiger partial charge in [-0.05, 0) is 0 Å². The van der Waals surface area contributed by atoms with Gasteiger partial charge in [-0.25, -0.2) is 0 Å². The van der Waals surface area contributed by atoms with Gasteiger partial charge >= 0.3 is 219 Å². The van der Waals surface area contributed by atoms with Gasteiger partial charge < -0.3 is 0 Å². The van der Waals surface area contributed by atoms with Crippen LogP contribution in [0.2, 0.25) is 0 Å². The maximum absolute atomic E-state index is 5.71. The van der Waals surface area contributed by atoms with Crippen molar-refractivity contribution >= 4 is 42.9 Å². The summed E-state index contributed by atoms with van der Waals surface area (Å²) < 4.78 is 34.3. The van der Waals surface area contributed by atoms with Crippen molar-refractivity contribution < 1.29 is 18.1 Å². The molecule has 0 aliphatic carbocycles. The molecule has 0 heterocycles. The van der Waals surface area contributed by atoms with E-state index in [1.165, 1.54) is 0 Å². The van der Waals surface area contributed by atoms with Crippen molar-refractivity contribution in [3.63, 3.8) is 0 Å². The zero-order valence-corrected chi connectivity index (χ0v) is 27.2. The van der Waals surface area contributed by atoms with Crippen LogP contribution in [0.15, 0.2) is 0 Å². The Morgan fingerprint density at radius 3 is 0.594 bits per heavy atom. The van der Waals surface area contributed by atoms with Crippen LogP contribution in [0.3, 0.4) is 0 Å². The van der Waals surface area contributed by atoms with E-state index in [-0.39, 0.29) is 0 Å². The van der Waals surface area contributed by atoms with E-state index < -0.39 is 42.9 Å². The van der Waals surface area contributed by atoms with Crippen LogP contribution >= 0.6 is 0 Å². The summed E-state index contributed by atoms with van der Waals surface area (Å²) >= 11 is -4.54. The molecule has 0 saturated carbocycles. The van der Waals surface area contributed by atoms with E-state index in [9.17, 15) is 0 Å². The molecule has 8 heteroatoms. The molecule has 0 aliphatic rings. The predicted octanol–water partition coefficient (Wildman–Crippen LogP) is 6.84. The van der Waals surface area contributed by atoms with Gasteiger partial charge in [-0.3, -0.25) is 0 Å². The molecule has 0 unspecified atom stereocenters. The summed E-state index contributed by atoms with van der Waals surface area (Å²) in [5.41, 5.74) is 0. The molecule has 0 aromatic carbocycles. The van der Waals surface area contributed by atoms with Crippen molar-refractivity contribution in [2.75, 3.05) is 39.6 Å². The normalized spacial score (nSPS) is 11.2. The van der Waals surface area contributed by atoms with Gasteiger partial charge in [-0.15, -0.1) is 0 Å². The van der Waals surface area contributed by atoms with E-state index >= 15 is 0 Å².